The van der Waals surface area contributed by atoms with Crippen molar-refractivity contribution in [2.24, 2.45) is 16.7 Å². The van der Waals surface area contributed by atoms with Gasteiger partial charge in [0.2, 0.25) is 0 Å². The van der Waals surface area contributed by atoms with Gasteiger partial charge in [-0.1, -0.05) is 34.6 Å². The van der Waals surface area contributed by atoms with E-state index in [-0.39, 0.29) is 35.7 Å². The molecule has 21 heavy (non-hydrogen) atoms. The van der Waals surface area contributed by atoms with E-state index in [1.54, 1.807) is 0 Å². The smallest absolute Gasteiger partial charge is 0.306 e. The highest BCUT2D eigenvalue weighted by Crippen LogP contribution is 2.46. The molecule has 1 rings (SSSR count). The number of esters is 1. The van der Waals surface area contributed by atoms with Gasteiger partial charge in [-0.05, 0) is 36.5 Å². The Bertz CT molecular complexity index is 379. The first kappa shape index (κ1) is 18.0. The lowest BCUT2D eigenvalue weighted by Gasteiger charge is -2.45. The molecule has 0 heterocycles. The van der Waals surface area contributed by atoms with Gasteiger partial charge in [0.25, 0.3) is 0 Å². The van der Waals surface area contributed by atoms with Gasteiger partial charge in [0, 0.05) is 18.8 Å². The number of carboxylic acids is 1. The van der Waals surface area contributed by atoms with Gasteiger partial charge >= 0.3 is 11.9 Å². The summed E-state index contributed by atoms with van der Waals surface area (Å²) in [5, 5.41) is 8.61. The molecule has 0 saturated heterocycles. The SMILES string of the molecule is CC1(C)CCC(C(C)(C)C)C(OC(=O)CCCC(=O)O)C1. The Morgan fingerprint density at radius 2 is 1.86 bits per heavy atom. The Kier molecular flexibility index (Phi) is 5.83. The van der Waals surface area contributed by atoms with Gasteiger partial charge in [0.15, 0.2) is 0 Å². The summed E-state index contributed by atoms with van der Waals surface area (Å²) in [6.45, 7) is 11.0. The summed E-state index contributed by atoms with van der Waals surface area (Å²) in [4.78, 5) is 22.4. The van der Waals surface area contributed by atoms with E-state index in [1.807, 2.05) is 0 Å². The monoisotopic (exact) mass is 298 g/mol. The summed E-state index contributed by atoms with van der Waals surface area (Å²) in [6, 6.07) is 0. The lowest BCUT2D eigenvalue weighted by atomic mass is 9.64. The highest BCUT2D eigenvalue weighted by molar-refractivity contribution is 5.71. The molecule has 1 N–H and O–H groups in total. The van der Waals surface area contributed by atoms with E-state index < -0.39 is 5.97 Å². The van der Waals surface area contributed by atoms with E-state index in [0.29, 0.717) is 12.3 Å². The van der Waals surface area contributed by atoms with E-state index in [4.69, 9.17) is 9.84 Å². The molecule has 0 bridgehead atoms. The standard InChI is InChI=1S/C17H30O4/c1-16(2,3)12-9-10-17(4,5)11-13(12)21-15(20)8-6-7-14(18)19/h12-13H,6-11H2,1-5H3,(H,18,19). The average Bonchev–Trinajstić information content (AvgIpc) is 2.24. The van der Waals surface area contributed by atoms with Gasteiger partial charge < -0.3 is 9.84 Å². The predicted octanol–water partition coefficient (Wildman–Crippen LogP) is 4.03. The Morgan fingerprint density at radius 1 is 1.24 bits per heavy atom. The lowest BCUT2D eigenvalue weighted by molar-refractivity contribution is -0.160. The fraction of sp³-hybridized carbons (Fsp3) is 0.882. The molecule has 0 aromatic rings. The van der Waals surface area contributed by atoms with Crippen molar-refractivity contribution in [3.63, 3.8) is 0 Å². The van der Waals surface area contributed by atoms with E-state index >= 15 is 0 Å². The summed E-state index contributed by atoms with van der Waals surface area (Å²) >= 11 is 0. The maximum atomic E-state index is 12.0. The molecule has 122 valence electrons. The highest BCUT2D eigenvalue weighted by atomic mass is 16.5. The van der Waals surface area contributed by atoms with E-state index in [1.165, 1.54) is 0 Å². The Morgan fingerprint density at radius 3 is 2.38 bits per heavy atom. The van der Waals surface area contributed by atoms with Crippen molar-refractivity contribution in [3.05, 3.63) is 0 Å². The van der Waals surface area contributed by atoms with Crippen molar-refractivity contribution >= 4 is 11.9 Å². The van der Waals surface area contributed by atoms with Crippen LogP contribution in [-0.2, 0) is 14.3 Å². The van der Waals surface area contributed by atoms with Gasteiger partial charge in [0.05, 0.1) is 0 Å². The van der Waals surface area contributed by atoms with Crippen molar-refractivity contribution in [1.29, 1.82) is 0 Å². The molecule has 1 saturated carbocycles. The van der Waals surface area contributed by atoms with Crippen molar-refractivity contribution in [2.45, 2.75) is 79.2 Å². The summed E-state index contributed by atoms with van der Waals surface area (Å²) in [5.41, 5.74) is 0.316. The van der Waals surface area contributed by atoms with Crippen LogP contribution in [0.3, 0.4) is 0 Å². The first-order valence-electron chi connectivity index (χ1n) is 7.92. The van der Waals surface area contributed by atoms with E-state index in [9.17, 15) is 9.59 Å². The van der Waals surface area contributed by atoms with Gasteiger partial charge in [-0.15, -0.1) is 0 Å². The number of hydrogen-bond acceptors (Lipinski definition) is 3. The quantitative estimate of drug-likeness (QED) is 0.778. The summed E-state index contributed by atoms with van der Waals surface area (Å²) in [7, 11) is 0. The molecule has 0 spiro atoms. The third-order valence-corrected chi connectivity index (χ3v) is 4.50. The van der Waals surface area contributed by atoms with Crippen LogP contribution in [0.25, 0.3) is 0 Å². The zero-order valence-corrected chi connectivity index (χ0v) is 14.1. The number of ether oxygens (including phenoxy) is 1. The van der Waals surface area contributed by atoms with E-state index in [0.717, 1.165) is 19.3 Å². The minimum Gasteiger partial charge on any atom is -0.481 e. The van der Waals surface area contributed by atoms with Crippen LogP contribution in [0.4, 0.5) is 0 Å². The van der Waals surface area contributed by atoms with E-state index in [2.05, 4.69) is 34.6 Å². The van der Waals surface area contributed by atoms with Crippen LogP contribution in [0.5, 0.6) is 0 Å². The molecule has 0 aromatic carbocycles. The number of carbonyl (C=O) groups excluding carboxylic acids is 1. The molecule has 0 amide bonds. The van der Waals surface area contributed by atoms with Gasteiger partial charge in [-0.25, -0.2) is 0 Å². The number of hydrogen-bond donors (Lipinski definition) is 1. The van der Waals surface area contributed by atoms with Crippen molar-refractivity contribution in [1.82, 2.24) is 0 Å². The molecule has 4 heteroatoms. The topological polar surface area (TPSA) is 63.6 Å². The highest BCUT2D eigenvalue weighted by Gasteiger charge is 2.42. The molecular formula is C17H30O4. The number of rotatable bonds is 5. The lowest BCUT2D eigenvalue weighted by Crippen LogP contribution is -2.42. The fourth-order valence-electron chi connectivity index (χ4n) is 3.25. The largest absolute Gasteiger partial charge is 0.481 e. The zero-order chi connectivity index (χ0) is 16.3. The first-order chi connectivity index (χ1) is 9.51. The molecule has 1 fully saturated rings. The van der Waals surface area contributed by atoms with Crippen LogP contribution in [0, 0.1) is 16.7 Å². The third kappa shape index (κ3) is 6.06. The molecule has 4 nitrogen and oxygen atoms in total. The minimum absolute atomic E-state index is 0.0218. The second-order valence-electron chi connectivity index (χ2n) is 8.16. The first-order valence-corrected chi connectivity index (χ1v) is 7.92. The molecule has 2 unspecified atom stereocenters. The van der Waals surface area contributed by atoms with Crippen LogP contribution in [-0.4, -0.2) is 23.1 Å². The maximum Gasteiger partial charge on any atom is 0.306 e. The summed E-state index contributed by atoms with van der Waals surface area (Å²) < 4.78 is 5.72. The van der Waals surface area contributed by atoms with Crippen molar-refractivity contribution in [3.8, 4) is 0 Å². The molecular weight excluding hydrogens is 268 g/mol. The average molecular weight is 298 g/mol. The Balaban J connectivity index is 2.61. The normalized spacial score (nSPS) is 25.4. The minimum atomic E-state index is -0.867. The second kappa shape index (κ2) is 6.80. The third-order valence-electron chi connectivity index (χ3n) is 4.50. The second-order valence-corrected chi connectivity index (χ2v) is 8.16. The van der Waals surface area contributed by atoms with Gasteiger partial charge in [-0.2, -0.15) is 0 Å². The van der Waals surface area contributed by atoms with Crippen LogP contribution in [0.2, 0.25) is 0 Å². The molecule has 0 radical (unpaired) electrons. The van der Waals surface area contributed by atoms with Crippen LogP contribution in [0.15, 0.2) is 0 Å². The van der Waals surface area contributed by atoms with Crippen molar-refractivity contribution < 1.29 is 19.4 Å². The Labute approximate surface area is 128 Å². The number of carbonyl (C=O) groups is 2. The summed E-state index contributed by atoms with van der Waals surface area (Å²) in [6.07, 6.45) is 3.63. The number of aliphatic carboxylic acids is 1. The van der Waals surface area contributed by atoms with Crippen LogP contribution in [0.1, 0.15) is 73.1 Å². The predicted molar refractivity (Wildman–Crippen MR) is 81.9 cm³/mol. The zero-order valence-electron chi connectivity index (χ0n) is 14.1. The number of carboxylic acid groups (broad SMARTS) is 1. The maximum absolute atomic E-state index is 12.0. The molecule has 1 aliphatic rings. The molecule has 1 aliphatic carbocycles. The van der Waals surface area contributed by atoms with Gasteiger partial charge in [0.1, 0.15) is 6.10 Å². The van der Waals surface area contributed by atoms with Gasteiger partial charge in [-0.3, -0.25) is 9.59 Å². The van der Waals surface area contributed by atoms with Crippen LogP contribution < -0.4 is 0 Å². The Hall–Kier alpha value is -1.06. The van der Waals surface area contributed by atoms with Crippen LogP contribution >= 0.6 is 0 Å². The molecule has 0 aliphatic heterocycles. The molecule has 0 aromatic heterocycles. The molecule has 2 atom stereocenters. The summed E-state index contributed by atoms with van der Waals surface area (Å²) in [5.74, 6) is -0.753. The van der Waals surface area contributed by atoms with Crippen molar-refractivity contribution in [2.75, 3.05) is 0 Å². The fourth-order valence-corrected chi connectivity index (χ4v) is 3.25.